The third kappa shape index (κ3) is 5.65. The van der Waals surface area contributed by atoms with Crippen LogP contribution in [0.15, 0.2) is 51.9 Å². The van der Waals surface area contributed by atoms with E-state index in [1.54, 1.807) is 44.2 Å². The predicted octanol–water partition coefficient (Wildman–Crippen LogP) is 4.04. The van der Waals surface area contributed by atoms with Gasteiger partial charge in [-0.15, -0.1) is 0 Å². The molecule has 0 saturated heterocycles. The number of hydrogen-bond acceptors (Lipinski definition) is 5. The molecule has 0 atom stereocenters. The highest BCUT2D eigenvalue weighted by Gasteiger charge is 2.17. The van der Waals surface area contributed by atoms with Gasteiger partial charge in [0.25, 0.3) is 0 Å². The van der Waals surface area contributed by atoms with Crippen molar-refractivity contribution in [3.05, 3.63) is 76.4 Å². The molecule has 0 fully saturated rings. The fourth-order valence-electron chi connectivity index (χ4n) is 2.87. The zero-order valence-electron chi connectivity index (χ0n) is 17.3. The molecule has 3 aromatic rings. The van der Waals surface area contributed by atoms with E-state index < -0.39 is 10.0 Å². The Morgan fingerprint density at radius 3 is 2.52 bits per heavy atom. The number of carbonyl (C=O) groups excluding carboxylic acids is 1. The van der Waals surface area contributed by atoms with Crippen molar-refractivity contribution in [1.29, 1.82) is 0 Å². The summed E-state index contributed by atoms with van der Waals surface area (Å²) in [6, 6.07) is 10.6. The van der Waals surface area contributed by atoms with Gasteiger partial charge < -0.3 is 9.84 Å². The Kier molecular flexibility index (Phi) is 6.67. The van der Waals surface area contributed by atoms with Gasteiger partial charge in [0.05, 0.1) is 4.90 Å². The molecule has 1 aromatic heterocycles. The molecule has 2 aromatic carbocycles. The van der Waals surface area contributed by atoms with Crippen molar-refractivity contribution in [2.24, 2.45) is 0 Å². The highest BCUT2D eigenvalue weighted by molar-refractivity contribution is 7.89. The summed E-state index contributed by atoms with van der Waals surface area (Å²) in [7, 11) is -3.80. The van der Waals surface area contributed by atoms with Crippen LogP contribution in [0.25, 0.3) is 12.2 Å². The van der Waals surface area contributed by atoms with Crippen molar-refractivity contribution in [2.75, 3.05) is 5.32 Å². The molecule has 31 heavy (non-hydrogen) atoms. The Hall–Kier alpha value is -3.30. The zero-order valence-corrected chi connectivity index (χ0v) is 18.1. The average molecular weight is 444 g/mol. The van der Waals surface area contributed by atoms with Crippen LogP contribution in [0.5, 0.6) is 0 Å². The lowest BCUT2D eigenvalue weighted by Gasteiger charge is -2.10. The monoisotopic (exact) mass is 443 g/mol. The van der Waals surface area contributed by atoms with E-state index in [0.717, 1.165) is 0 Å². The van der Waals surface area contributed by atoms with Crippen LogP contribution in [0.3, 0.4) is 0 Å². The van der Waals surface area contributed by atoms with Crippen LogP contribution in [0.2, 0.25) is 0 Å². The summed E-state index contributed by atoms with van der Waals surface area (Å²) >= 11 is 0. The van der Waals surface area contributed by atoms with Crippen molar-refractivity contribution < 1.29 is 22.1 Å². The first-order chi connectivity index (χ1) is 14.7. The predicted molar refractivity (Wildman–Crippen MR) is 116 cm³/mol. The Morgan fingerprint density at radius 1 is 1.13 bits per heavy atom. The lowest BCUT2D eigenvalue weighted by molar-refractivity contribution is -0.114. The molecule has 0 saturated carbocycles. The van der Waals surface area contributed by atoms with Gasteiger partial charge in [0.2, 0.25) is 15.9 Å². The molecular formula is C22H22FN3O4S. The van der Waals surface area contributed by atoms with Gasteiger partial charge in [0.15, 0.2) is 5.76 Å². The third-order valence-electron chi connectivity index (χ3n) is 4.50. The highest BCUT2D eigenvalue weighted by atomic mass is 32.2. The lowest BCUT2D eigenvalue weighted by atomic mass is 10.1. The number of rotatable bonds is 7. The van der Waals surface area contributed by atoms with E-state index in [4.69, 9.17) is 4.52 Å². The number of halogens is 1. The van der Waals surface area contributed by atoms with E-state index in [1.165, 1.54) is 31.2 Å². The molecule has 1 heterocycles. The summed E-state index contributed by atoms with van der Waals surface area (Å²) in [6.07, 6.45) is 3.28. The maximum absolute atomic E-state index is 13.0. The van der Waals surface area contributed by atoms with E-state index in [-0.39, 0.29) is 23.2 Å². The van der Waals surface area contributed by atoms with E-state index in [1.807, 2.05) is 0 Å². The molecule has 9 heteroatoms. The molecule has 1 amide bonds. The Bertz CT molecular complexity index is 1230. The summed E-state index contributed by atoms with van der Waals surface area (Å²) < 4.78 is 46.4. The first-order valence-corrected chi connectivity index (χ1v) is 10.9. The summed E-state index contributed by atoms with van der Waals surface area (Å²) in [5, 5.41) is 6.50. The van der Waals surface area contributed by atoms with Gasteiger partial charge in [0.1, 0.15) is 17.2 Å². The fourth-order valence-corrected chi connectivity index (χ4v) is 4.16. The molecule has 0 unspecified atom stereocenters. The van der Waals surface area contributed by atoms with Crippen LogP contribution in [0.4, 0.5) is 10.1 Å². The van der Waals surface area contributed by atoms with Crippen LogP contribution in [-0.2, 0) is 21.4 Å². The van der Waals surface area contributed by atoms with Gasteiger partial charge in [-0.05, 0) is 54.8 Å². The van der Waals surface area contributed by atoms with Crippen LogP contribution < -0.4 is 10.0 Å². The van der Waals surface area contributed by atoms with E-state index >= 15 is 0 Å². The van der Waals surface area contributed by atoms with Crippen molar-refractivity contribution in [3.63, 3.8) is 0 Å². The average Bonchev–Trinajstić information content (AvgIpc) is 3.06. The number of aromatic nitrogens is 1. The first kappa shape index (κ1) is 22.4. The maximum atomic E-state index is 13.0. The topological polar surface area (TPSA) is 101 Å². The number of aryl methyl sites for hydroxylation is 2. The van der Waals surface area contributed by atoms with Crippen LogP contribution in [0.1, 0.15) is 35.1 Å². The summed E-state index contributed by atoms with van der Waals surface area (Å²) in [5.41, 5.74) is 2.84. The fraction of sp³-hybridized carbons (Fsp3) is 0.182. The summed E-state index contributed by atoms with van der Waals surface area (Å²) in [4.78, 5) is 11.5. The smallest absolute Gasteiger partial charge is 0.241 e. The molecule has 0 aliphatic rings. The quantitative estimate of drug-likeness (QED) is 0.574. The van der Waals surface area contributed by atoms with E-state index in [9.17, 15) is 17.6 Å². The van der Waals surface area contributed by atoms with Crippen LogP contribution >= 0.6 is 0 Å². The number of benzene rings is 2. The SMILES string of the molecule is CC(=O)Nc1c(C)noc1C=Cc1ccc(C)c(S(=O)(=O)NCc2ccc(F)cc2)c1. The van der Waals surface area contributed by atoms with Crippen molar-refractivity contribution >= 4 is 33.8 Å². The minimum atomic E-state index is -3.80. The molecule has 0 bridgehead atoms. The van der Waals surface area contributed by atoms with Crippen LogP contribution in [-0.4, -0.2) is 19.5 Å². The molecular weight excluding hydrogens is 421 g/mol. The second-order valence-electron chi connectivity index (χ2n) is 7.00. The minimum absolute atomic E-state index is 0.0412. The lowest BCUT2D eigenvalue weighted by Crippen LogP contribution is -2.24. The Morgan fingerprint density at radius 2 is 1.84 bits per heavy atom. The molecule has 162 valence electrons. The van der Waals surface area contributed by atoms with Gasteiger partial charge in [-0.1, -0.05) is 35.5 Å². The largest absolute Gasteiger partial charge is 0.354 e. The summed E-state index contributed by atoms with van der Waals surface area (Å²) in [6.45, 7) is 4.83. The second kappa shape index (κ2) is 9.23. The number of anilines is 1. The minimum Gasteiger partial charge on any atom is -0.354 e. The number of nitrogens with zero attached hydrogens (tertiary/aromatic N) is 1. The summed E-state index contributed by atoms with van der Waals surface area (Å²) in [5.74, 6) is -0.283. The number of nitrogens with one attached hydrogen (secondary N) is 2. The zero-order chi connectivity index (χ0) is 22.6. The highest BCUT2D eigenvalue weighted by Crippen LogP contribution is 2.24. The van der Waals surface area contributed by atoms with Crippen molar-refractivity contribution in [1.82, 2.24) is 9.88 Å². The van der Waals surface area contributed by atoms with E-state index in [2.05, 4.69) is 15.2 Å². The maximum Gasteiger partial charge on any atom is 0.241 e. The normalized spacial score (nSPS) is 11.7. The molecule has 3 rings (SSSR count). The van der Waals surface area contributed by atoms with Crippen molar-refractivity contribution in [3.8, 4) is 0 Å². The molecule has 7 nitrogen and oxygen atoms in total. The Labute approximate surface area is 180 Å². The Balaban J connectivity index is 1.82. The standard InChI is InChI=1S/C22H22FN3O4S/c1-14-4-5-17(8-11-20-22(25-16(3)27)15(2)26-30-20)12-21(14)31(28,29)24-13-18-6-9-19(23)10-7-18/h4-12,24H,13H2,1-3H3,(H,25,27). The molecule has 0 radical (unpaired) electrons. The molecule has 0 aliphatic heterocycles. The number of hydrogen-bond donors (Lipinski definition) is 2. The van der Waals surface area contributed by atoms with Gasteiger partial charge in [0, 0.05) is 13.5 Å². The third-order valence-corrected chi connectivity index (χ3v) is 6.04. The molecule has 0 spiro atoms. The van der Waals surface area contributed by atoms with E-state index in [0.29, 0.717) is 33.8 Å². The van der Waals surface area contributed by atoms with Crippen molar-refractivity contribution in [2.45, 2.75) is 32.2 Å². The van der Waals surface area contributed by atoms with Crippen LogP contribution in [0, 0.1) is 19.7 Å². The number of carbonyl (C=O) groups is 1. The first-order valence-electron chi connectivity index (χ1n) is 9.42. The van der Waals surface area contributed by atoms with Gasteiger partial charge in [-0.25, -0.2) is 17.5 Å². The molecule has 2 N–H and O–H groups in total. The number of amides is 1. The van der Waals surface area contributed by atoms with Gasteiger partial charge >= 0.3 is 0 Å². The second-order valence-corrected chi connectivity index (χ2v) is 8.73. The van der Waals surface area contributed by atoms with Gasteiger partial charge in [-0.3, -0.25) is 4.79 Å². The molecule has 0 aliphatic carbocycles. The number of sulfonamides is 1. The van der Waals surface area contributed by atoms with Gasteiger partial charge in [-0.2, -0.15) is 0 Å².